The minimum absolute atomic E-state index is 0.00752. The van der Waals surface area contributed by atoms with Crippen LogP contribution in [0, 0.1) is 5.82 Å². The van der Waals surface area contributed by atoms with Crippen LogP contribution in [-0.4, -0.2) is 17.1 Å². The van der Waals surface area contributed by atoms with E-state index in [0.29, 0.717) is 5.56 Å². The predicted molar refractivity (Wildman–Crippen MR) is 89.4 cm³/mol. The summed E-state index contributed by atoms with van der Waals surface area (Å²) in [6.07, 6.45) is 0.841. The first-order valence-electron chi connectivity index (χ1n) is 7.43. The highest BCUT2D eigenvalue weighted by atomic mass is 79.9. The topological polar surface area (TPSA) is 49.3 Å². The molecule has 0 heterocycles. The van der Waals surface area contributed by atoms with Crippen molar-refractivity contribution in [2.45, 2.75) is 30.9 Å². The number of hydrogen-bond acceptors (Lipinski definition) is 2. The van der Waals surface area contributed by atoms with E-state index >= 15 is 0 Å². The summed E-state index contributed by atoms with van der Waals surface area (Å²) in [5, 5.41) is 13.4. The molecule has 1 saturated carbocycles. The second kappa shape index (κ2) is 6.06. The Bertz CT molecular complexity index is 730. The molecular weight excluding hydrogens is 361 g/mol. The average molecular weight is 378 g/mol. The molecule has 3 rings (SSSR count). The van der Waals surface area contributed by atoms with Gasteiger partial charge in [-0.1, -0.05) is 46.3 Å². The number of nitrogens with one attached hydrogen (secondary N) is 1. The third-order valence-electron chi connectivity index (χ3n) is 4.26. The van der Waals surface area contributed by atoms with Crippen molar-refractivity contribution in [1.82, 2.24) is 5.32 Å². The molecule has 0 bridgehead atoms. The third kappa shape index (κ3) is 3.31. The van der Waals surface area contributed by atoms with Gasteiger partial charge in [0.25, 0.3) is 5.91 Å². The highest BCUT2D eigenvalue weighted by Gasteiger charge is 2.43. The van der Waals surface area contributed by atoms with Gasteiger partial charge in [-0.05, 0) is 42.7 Å². The Balaban J connectivity index is 1.68. The second-order valence-electron chi connectivity index (χ2n) is 6.02. The predicted octanol–water partition coefficient (Wildman–Crippen LogP) is 3.47. The number of carbonyl (C=O) groups is 1. The fraction of sp³-hybridized carbons (Fsp3) is 0.278. The Morgan fingerprint density at radius 3 is 2.57 bits per heavy atom. The van der Waals surface area contributed by atoms with Crippen LogP contribution < -0.4 is 5.32 Å². The van der Waals surface area contributed by atoms with E-state index in [2.05, 4.69) is 21.2 Å². The number of benzene rings is 2. The molecule has 5 heteroatoms. The van der Waals surface area contributed by atoms with E-state index in [4.69, 9.17) is 0 Å². The lowest BCUT2D eigenvalue weighted by Gasteiger charge is -2.23. The third-order valence-corrected chi connectivity index (χ3v) is 4.98. The molecule has 2 aromatic rings. The maximum atomic E-state index is 13.0. The number of hydrogen-bond donors (Lipinski definition) is 2. The molecule has 0 saturated heterocycles. The van der Waals surface area contributed by atoms with Crippen LogP contribution in [0.4, 0.5) is 4.39 Å². The van der Waals surface area contributed by atoms with E-state index < -0.39 is 17.3 Å². The number of aliphatic hydroxyl groups is 1. The van der Waals surface area contributed by atoms with Gasteiger partial charge < -0.3 is 10.4 Å². The van der Waals surface area contributed by atoms with Crippen molar-refractivity contribution in [3.8, 4) is 0 Å². The molecule has 1 fully saturated rings. The van der Waals surface area contributed by atoms with Gasteiger partial charge >= 0.3 is 0 Å². The number of carbonyl (C=O) groups excluding carboxylic acids is 1. The van der Waals surface area contributed by atoms with Gasteiger partial charge in [-0.2, -0.15) is 0 Å². The zero-order valence-electron chi connectivity index (χ0n) is 12.6. The standard InChI is InChI=1S/C18H17BrFNO2/c1-18(23,11-6-8-12(20)9-7-11)17(22)21-16-10-14(16)13-4-2-3-5-15(13)19/h2-9,14,16,23H,10H2,1H3,(H,21,22)/t14-,16+,18?/m0/s1. The van der Waals surface area contributed by atoms with E-state index in [-0.39, 0.29) is 12.0 Å². The van der Waals surface area contributed by atoms with Crippen molar-refractivity contribution in [3.63, 3.8) is 0 Å². The zero-order chi connectivity index (χ0) is 16.6. The van der Waals surface area contributed by atoms with Crippen molar-refractivity contribution < 1.29 is 14.3 Å². The summed E-state index contributed by atoms with van der Waals surface area (Å²) in [7, 11) is 0. The first-order valence-corrected chi connectivity index (χ1v) is 8.22. The average Bonchev–Trinajstić information content (AvgIpc) is 3.27. The van der Waals surface area contributed by atoms with Crippen molar-refractivity contribution in [2.75, 3.05) is 0 Å². The summed E-state index contributed by atoms with van der Waals surface area (Å²) in [6.45, 7) is 1.42. The molecule has 2 N–H and O–H groups in total. The molecule has 0 radical (unpaired) electrons. The molecule has 23 heavy (non-hydrogen) atoms. The number of rotatable bonds is 4. The first kappa shape index (κ1) is 16.1. The zero-order valence-corrected chi connectivity index (χ0v) is 14.2. The first-order chi connectivity index (χ1) is 10.9. The Labute approximate surface area is 142 Å². The Kier molecular flexibility index (Phi) is 4.25. The molecule has 1 unspecified atom stereocenters. The molecule has 1 aliphatic carbocycles. The molecule has 3 nitrogen and oxygen atoms in total. The van der Waals surface area contributed by atoms with Gasteiger partial charge in [-0.15, -0.1) is 0 Å². The SMILES string of the molecule is CC(O)(C(=O)N[C@@H]1C[C@H]1c1ccccc1Br)c1ccc(F)cc1. The monoisotopic (exact) mass is 377 g/mol. The van der Waals surface area contributed by atoms with Crippen LogP contribution in [0.15, 0.2) is 53.0 Å². The quantitative estimate of drug-likeness (QED) is 0.856. The van der Waals surface area contributed by atoms with Gasteiger partial charge in [0.15, 0.2) is 5.60 Å². The lowest BCUT2D eigenvalue weighted by atomic mass is 9.95. The van der Waals surface area contributed by atoms with Crippen LogP contribution in [0.3, 0.4) is 0 Å². The molecule has 2 aromatic carbocycles. The molecule has 120 valence electrons. The summed E-state index contributed by atoms with van der Waals surface area (Å²) >= 11 is 3.52. The van der Waals surface area contributed by atoms with E-state index in [0.717, 1.165) is 16.5 Å². The van der Waals surface area contributed by atoms with Gasteiger partial charge in [-0.3, -0.25) is 4.79 Å². The van der Waals surface area contributed by atoms with E-state index in [1.165, 1.54) is 31.2 Å². The lowest BCUT2D eigenvalue weighted by molar-refractivity contribution is -0.139. The van der Waals surface area contributed by atoms with Crippen LogP contribution in [0.2, 0.25) is 0 Å². The van der Waals surface area contributed by atoms with Crippen LogP contribution in [0.1, 0.15) is 30.4 Å². The highest BCUT2D eigenvalue weighted by Crippen LogP contribution is 2.44. The number of amides is 1. The molecule has 0 spiro atoms. The van der Waals surface area contributed by atoms with Crippen LogP contribution in [-0.2, 0) is 10.4 Å². The largest absolute Gasteiger partial charge is 0.376 e. The van der Waals surface area contributed by atoms with Crippen LogP contribution in [0.5, 0.6) is 0 Å². The van der Waals surface area contributed by atoms with Crippen LogP contribution in [0.25, 0.3) is 0 Å². The van der Waals surface area contributed by atoms with Crippen molar-refractivity contribution in [1.29, 1.82) is 0 Å². The lowest BCUT2D eigenvalue weighted by Crippen LogP contribution is -2.43. The molecule has 1 aliphatic rings. The Morgan fingerprint density at radius 2 is 1.91 bits per heavy atom. The van der Waals surface area contributed by atoms with Crippen molar-refractivity contribution in [2.24, 2.45) is 0 Å². The second-order valence-corrected chi connectivity index (χ2v) is 6.88. The molecular formula is C18H17BrFNO2. The van der Waals surface area contributed by atoms with Crippen molar-refractivity contribution >= 4 is 21.8 Å². The van der Waals surface area contributed by atoms with Crippen molar-refractivity contribution in [3.05, 3.63) is 69.9 Å². The fourth-order valence-corrected chi connectivity index (χ4v) is 3.27. The molecule has 0 aromatic heterocycles. The summed E-state index contributed by atoms with van der Waals surface area (Å²) in [6, 6.07) is 13.2. The van der Waals surface area contributed by atoms with Crippen LogP contribution >= 0.6 is 15.9 Å². The number of halogens is 2. The minimum Gasteiger partial charge on any atom is -0.376 e. The normalized spacial score (nSPS) is 22.3. The van der Waals surface area contributed by atoms with Gasteiger partial charge in [0.1, 0.15) is 5.82 Å². The maximum absolute atomic E-state index is 13.0. The van der Waals surface area contributed by atoms with Gasteiger partial charge in [0, 0.05) is 16.4 Å². The fourth-order valence-electron chi connectivity index (χ4n) is 2.69. The van der Waals surface area contributed by atoms with E-state index in [1.807, 2.05) is 24.3 Å². The van der Waals surface area contributed by atoms with E-state index in [9.17, 15) is 14.3 Å². The molecule has 0 aliphatic heterocycles. The molecule has 3 atom stereocenters. The van der Waals surface area contributed by atoms with Gasteiger partial charge in [0.2, 0.25) is 0 Å². The summed E-state index contributed by atoms with van der Waals surface area (Å²) < 4.78 is 14.0. The van der Waals surface area contributed by atoms with Gasteiger partial charge in [0.05, 0.1) is 0 Å². The minimum atomic E-state index is -1.69. The molecule has 1 amide bonds. The summed E-state index contributed by atoms with van der Waals surface area (Å²) in [5.74, 6) is -0.622. The highest BCUT2D eigenvalue weighted by molar-refractivity contribution is 9.10. The Morgan fingerprint density at radius 1 is 1.26 bits per heavy atom. The van der Waals surface area contributed by atoms with Gasteiger partial charge in [-0.25, -0.2) is 4.39 Å². The maximum Gasteiger partial charge on any atom is 0.256 e. The summed E-state index contributed by atoms with van der Waals surface area (Å²) in [4.78, 5) is 12.4. The van der Waals surface area contributed by atoms with E-state index in [1.54, 1.807) is 0 Å². The smallest absolute Gasteiger partial charge is 0.256 e. The Hall–Kier alpha value is -1.72. The summed E-state index contributed by atoms with van der Waals surface area (Å²) in [5.41, 5.74) is -0.164.